The lowest BCUT2D eigenvalue weighted by Crippen LogP contribution is -2.44. The van der Waals surface area contributed by atoms with Crippen LogP contribution in [0.25, 0.3) is 0 Å². The molecule has 0 aromatic heterocycles. The zero-order valence-corrected chi connectivity index (χ0v) is 12.1. The van der Waals surface area contributed by atoms with E-state index in [1.807, 2.05) is 40.1 Å². The summed E-state index contributed by atoms with van der Waals surface area (Å²) in [5, 5.41) is 0. The monoisotopic (exact) mass is 290 g/mol. The van der Waals surface area contributed by atoms with Crippen LogP contribution in [0.15, 0.2) is 30.3 Å². The Bertz CT molecular complexity index is 500. The summed E-state index contributed by atoms with van der Waals surface area (Å²) in [7, 11) is 0. The lowest BCUT2D eigenvalue weighted by molar-refractivity contribution is -0.134. The van der Waals surface area contributed by atoms with E-state index in [-0.39, 0.29) is 17.7 Å². The second-order valence-corrected chi connectivity index (χ2v) is 6.36. The van der Waals surface area contributed by atoms with Crippen LogP contribution in [-0.2, 0) is 16.1 Å². The van der Waals surface area contributed by atoms with Gasteiger partial charge in [-0.3, -0.25) is 14.5 Å². The van der Waals surface area contributed by atoms with Gasteiger partial charge in [0.1, 0.15) is 5.78 Å². The molecule has 4 nitrogen and oxygen atoms in total. The smallest absolute Gasteiger partial charge is 0.241 e. The maximum atomic E-state index is 12.5. The van der Waals surface area contributed by atoms with E-state index in [2.05, 4.69) is 0 Å². The first kappa shape index (κ1) is 13.6. The van der Waals surface area contributed by atoms with Crippen LogP contribution in [0.2, 0.25) is 0 Å². The summed E-state index contributed by atoms with van der Waals surface area (Å²) in [6.07, 6.45) is 0.368. The highest BCUT2D eigenvalue weighted by atomic mass is 32.2. The molecule has 1 atom stereocenters. The minimum atomic E-state index is -0.263. The summed E-state index contributed by atoms with van der Waals surface area (Å²) in [6.45, 7) is 1.88. The van der Waals surface area contributed by atoms with E-state index < -0.39 is 0 Å². The molecule has 1 aromatic rings. The van der Waals surface area contributed by atoms with Crippen molar-refractivity contribution in [3.63, 3.8) is 0 Å². The Morgan fingerprint density at radius 2 is 2.10 bits per heavy atom. The Morgan fingerprint density at radius 1 is 1.30 bits per heavy atom. The molecule has 2 aliphatic heterocycles. The van der Waals surface area contributed by atoms with E-state index in [1.54, 1.807) is 11.8 Å². The first-order valence-corrected chi connectivity index (χ1v) is 8.06. The quantitative estimate of drug-likeness (QED) is 0.843. The summed E-state index contributed by atoms with van der Waals surface area (Å²) in [5.74, 6) is 2.07. The zero-order chi connectivity index (χ0) is 13.9. The van der Waals surface area contributed by atoms with E-state index >= 15 is 0 Å². The van der Waals surface area contributed by atoms with Crippen molar-refractivity contribution in [2.24, 2.45) is 0 Å². The predicted octanol–water partition coefficient (Wildman–Crippen LogP) is 1.36. The first-order chi connectivity index (χ1) is 9.74. The molecule has 0 aliphatic carbocycles. The van der Waals surface area contributed by atoms with Crippen molar-refractivity contribution in [3.8, 4) is 0 Å². The fraction of sp³-hybridized carbons (Fsp3) is 0.467. The number of Topliss-reactive ketones (excluding diaryl/α,β-unsaturated/α-hetero) is 1. The molecule has 106 valence electrons. The van der Waals surface area contributed by atoms with Crippen LogP contribution in [0.1, 0.15) is 12.0 Å². The molecular weight excluding hydrogens is 272 g/mol. The van der Waals surface area contributed by atoms with Gasteiger partial charge >= 0.3 is 0 Å². The largest absolute Gasteiger partial charge is 0.331 e. The highest BCUT2D eigenvalue weighted by Gasteiger charge is 2.38. The van der Waals surface area contributed by atoms with E-state index in [4.69, 9.17) is 0 Å². The second kappa shape index (κ2) is 5.97. The van der Waals surface area contributed by atoms with Crippen molar-refractivity contribution in [2.75, 3.05) is 24.7 Å². The van der Waals surface area contributed by atoms with Gasteiger partial charge in [0.2, 0.25) is 5.91 Å². The molecule has 2 heterocycles. The number of amides is 1. The average molecular weight is 290 g/mol. The Balaban J connectivity index is 1.71. The van der Waals surface area contributed by atoms with Gasteiger partial charge in [0.05, 0.1) is 18.5 Å². The van der Waals surface area contributed by atoms with E-state index in [0.29, 0.717) is 19.5 Å². The number of thioether (sulfide) groups is 1. The van der Waals surface area contributed by atoms with E-state index in [1.165, 1.54) is 0 Å². The highest BCUT2D eigenvalue weighted by Crippen LogP contribution is 2.23. The molecular formula is C15H18N2O2S. The van der Waals surface area contributed by atoms with Gasteiger partial charge in [0, 0.05) is 25.3 Å². The molecule has 0 bridgehead atoms. The minimum absolute atomic E-state index is 0.122. The second-order valence-electron chi connectivity index (χ2n) is 5.29. The number of carbonyl (C=O) groups is 2. The number of carbonyl (C=O) groups excluding carboxylic acids is 2. The van der Waals surface area contributed by atoms with Gasteiger partial charge < -0.3 is 4.90 Å². The fourth-order valence-electron chi connectivity index (χ4n) is 2.77. The lowest BCUT2D eigenvalue weighted by Gasteiger charge is -2.26. The van der Waals surface area contributed by atoms with Crippen LogP contribution in [-0.4, -0.2) is 52.3 Å². The summed E-state index contributed by atoms with van der Waals surface area (Å²) in [6, 6.07) is 9.76. The average Bonchev–Trinajstić information content (AvgIpc) is 3.09. The van der Waals surface area contributed by atoms with Crippen LogP contribution in [0.4, 0.5) is 0 Å². The molecule has 2 fully saturated rings. The Hall–Kier alpha value is -1.33. The Morgan fingerprint density at radius 3 is 2.80 bits per heavy atom. The van der Waals surface area contributed by atoms with Gasteiger partial charge in [-0.2, -0.15) is 0 Å². The maximum absolute atomic E-state index is 12.5. The van der Waals surface area contributed by atoms with E-state index in [9.17, 15) is 9.59 Å². The zero-order valence-electron chi connectivity index (χ0n) is 11.3. The summed E-state index contributed by atoms with van der Waals surface area (Å²) >= 11 is 1.78. The Labute approximate surface area is 123 Å². The summed E-state index contributed by atoms with van der Waals surface area (Å²) in [5.41, 5.74) is 1.15. The van der Waals surface area contributed by atoms with Crippen molar-refractivity contribution >= 4 is 23.5 Å². The van der Waals surface area contributed by atoms with Crippen molar-refractivity contribution in [2.45, 2.75) is 19.0 Å². The summed E-state index contributed by atoms with van der Waals surface area (Å²) in [4.78, 5) is 28.2. The highest BCUT2D eigenvalue weighted by molar-refractivity contribution is 7.99. The fourth-order valence-corrected chi connectivity index (χ4v) is 3.73. The molecule has 1 amide bonds. The molecule has 0 radical (unpaired) electrons. The number of hydrogen-bond acceptors (Lipinski definition) is 4. The van der Waals surface area contributed by atoms with Gasteiger partial charge in [-0.05, 0) is 5.56 Å². The first-order valence-electron chi connectivity index (χ1n) is 6.90. The number of nitrogens with zero attached hydrogens (tertiary/aromatic N) is 2. The molecule has 2 saturated heterocycles. The molecule has 0 N–H and O–H groups in total. The standard InChI is InChI=1S/C15H18N2O2S/c18-13-8-14(15(19)16-6-7-20-11-16)17(10-13)9-12-4-2-1-3-5-12/h1-5,14H,6-11H2. The molecule has 3 rings (SSSR count). The third kappa shape index (κ3) is 2.88. The predicted molar refractivity (Wildman–Crippen MR) is 79.3 cm³/mol. The molecule has 0 saturated carbocycles. The van der Waals surface area contributed by atoms with Crippen LogP contribution in [0.5, 0.6) is 0 Å². The van der Waals surface area contributed by atoms with Gasteiger partial charge in [-0.1, -0.05) is 30.3 Å². The number of hydrogen-bond donors (Lipinski definition) is 0. The summed E-state index contributed by atoms with van der Waals surface area (Å²) < 4.78 is 0. The SMILES string of the molecule is O=C1CC(C(=O)N2CCSC2)N(Cc2ccccc2)C1. The lowest BCUT2D eigenvalue weighted by atomic mass is 10.1. The topological polar surface area (TPSA) is 40.6 Å². The van der Waals surface area contributed by atoms with Crippen molar-refractivity contribution in [3.05, 3.63) is 35.9 Å². The third-order valence-electron chi connectivity index (χ3n) is 3.82. The van der Waals surface area contributed by atoms with Gasteiger partial charge in [-0.15, -0.1) is 11.8 Å². The van der Waals surface area contributed by atoms with Gasteiger partial charge in [0.25, 0.3) is 0 Å². The van der Waals surface area contributed by atoms with Crippen molar-refractivity contribution in [1.29, 1.82) is 0 Å². The molecule has 5 heteroatoms. The number of ketones is 1. The minimum Gasteiger partial charge on any atom is -0.331 e. The number of rotatable bonds is 3. The van der Waals surface area contributed by atoms with Gasteiger partial charge in [-0.25, -0.2) is 0 Å². The van der Waals surface area contributed by atoms with Crippen LogP contribution < -0.4 is 0 Å². The Kier molecular flexibility index (Phi) is 4.08. The molecule has 1 unspecified atom stereocenters. The molecule has 2 aliphatic rings. The molecule has 20 heavy (non-hydrogen) atoms. The normalized spacial score (nSPS) is 23.5. The van der Waals surface area contributed by atoms with Crippen molar-refractivity contribution in [1.82, 2.24) is 9.80 Å². The molecule has 1 aromatic carbocycles. The van der Waals surface area contributed by atoms with Crippen molar-refractivity contribution < 1.29 is 9.59 Å². The third-order valence-corrected chi connectivity index (χ3v) is 4.78. The van der Waals surface area contributed by atoms with Crippen LogP contribution >= 0.6 is 11.8 Å². The number of likely N-dealkylation sites (tertiary alicyclic amines) is 1. The van der Waals surface area contributed by atoms with E-state index in [0.717, 1.165) is 23.7 Å². The van der Waals surface area contributed by atoms with Crippen LogP contribution in [0, 0.1) is 0 Å². The van der Waals surface area contributed by atoms with Crippen LogP contribution in [0.3, 0.4) is 0 Å². The maximum Gasteiger partial charge on any atom is 0.241 e. The van der Waals surface area contributed by atoms with Gasteiger partial charge in [0.15, 0.2) is 0 Å². The number of benzene rings is 1. The molecule has 0 spiro atoms.